The third kappa shape index (κ3) is 4.01. The Morgan fingerprint density at radius 3 is 2.38 bits per heavy atom. The van der Waals surface area contributed by atoms with Crippen molar-refractivity contribution in [3.8, 4) is 6.07 Å². The number of carboxylic acid groups (broad SMARTS) is 1. The number of hydrogen-bond donors (Lipinski definition) is 2. The van der Waals surface area contributed by atoms with E-state index in [4.69, 9.17) is 10.4 Å². The maximum Gasteiger partial charge on any atom is 0.335 e. The molecule has 0 aliphatic heterocycles. The molecule has 5 nitrogen and oxygen atoms in total. The van der Waals surface area contributed by atoms with Crippen LogP contribution in [0.2, 0.25) is 0 Å². The fourth-order valence-corrected chi connectivity index (χ4v) is 1.82. The average Bonchev–Trinajstić information content (AvgIpc) is 2.56. The smallest absolute Gasteiger partial charge is 0.335 e. The Bertz CT molecular complexity index is 868. The summed E-state index contributed by atoms with van der Waals surface area (Å²) in [4.78, 5) is 22.8. The van der Waals surface area contributed by atoms with Crippen LogP contribution >= 0.6 is 0 Å². The van der Waals surface area contributed by atoms with Crippen LogP contribution in [0.4, 0.5) is 14.5 Å². The summed E-state index contributed by atoms with van der Waals surface area (Å²) in [6.45, 7) is 0. The van der Waals surface area contributed by atoms with Crippen molar-refractivity contribution in [3.63, 3.8) is 0 Å². The van der Waals surface area contributed by atoms with Gasteiger partial charge in [-0.1, -0.05) is 0 Å². The van der Waals surface area contributed by atoms with Crippen molar-refractivity contribution in [2.45, 2.75) is 0 Å². The fraction of sp³-hybridized carbons (Fsp3) is 0. The predicted octanol–water partition coefficient (Wildman–Crippen LogP) is 3.21. The van der Waals surface area contributed by atoms with E-state index in [1.807, 2.05) is 0 Å². The van der Waals surface area contributed by atoms with Gasteiger partial charge in [0.1, 0.15) is 23.3 Å². The normalized spacial score (nSPS) is 10.8. The quantitative estimate of drug-likeness (QED) is 0.666. The number of carbonyl (C=O) groups excluding carboxylic acids is 1. The van der Waals surface area contributed by atoms with Gasteiger partial charge in [0.15, 0.2) is 0 Å². The van der Waals surface area contributed by atoms with Crippen molar-refractivity contribution in [2.75, 3.05) is 5.32 Å². The summed E-state index contributed by atoms with van der Waals surface area (Å²) < 4.78 is 26.7. The van der Waals surface area contributed by atoms with Crippen LogP contribution in [0.25, 0.3) is 6.08 Å². The Morgan fingerprint density at radius 2 is 1.79 bits per heavy atom. The van der Waals surface area contributed by atoms with Gasteiger partial charge >= 0.3 is 5.97 Å². The van der Waals surface area contributed by atoms with E-state index in [0.29, 0.717) is 0 Å². The van der Waals surface area contributed by atoms with E-state index in [-0.39, 0.29) is 16.8 Å². The highest BCUT2D eigenvalue weighted by molar-refractivity contribution is 6.09. The Hall–Kier alpha value is -3.53. The van der Waals surface area contributed by atoms with E-state index in [0.717, 1.165) is 24.3 Å². The summed E-state index contributed by atoms with van der Waals surface area (Å²) in [6, 6.07) is 9.53. The largest absolute Gasteiger partial charge is 0.478 e. The van der Waals surface area contributed by atoms with Gasteiger partial charge in [-0.25, -0.2) is 13.6 Å². The highest BCUT2D eigenvalue weighted by Gasteiger charge is 2.12. The van der Waals surface area contributed by atoms with Gasteiger partial charge in [-0.05, 0) is 48.5 Å². The molecular weight excluding hydrogens is 318 g/mol. The Kier molecular flexibility index (Phi) is 5.02. The summed E-state index contributed by atoms with van der Waals surface area (Å²) in [5, 5.41) is 20.2. The Balaban J connectivity index is 2.23. The number of nitrogens with one attached hydrogen (secondary N) is 1. The molecule has 2 N–H and O–H groups in total. The number of carboxylic acids is 1. The van der Waals surface area contributed by atoms with E-state index >= 15 is 0 Å². The minimum Gasteiger partial charge on any atom is -0.478 e. The van der Waals surface area contributed by atoms with Crippen molar-refractivity contribution in [2.24, 2.45) is 0 Å². The lowest BCUT2D eigenvalue weighted by Crippen LogP contribution is -2.13. The molecule has 7 heteroatoms. The average molecular weight is 328 g/mol. The molecule has 2 aromatic rings. The molecule has 0 aliphatic rings. The standard InChI is InChI=1S/C17H10F2N2O3/c18-13-3-6-15(19)11(8-13)7-12(9-20)16(22)21-14-4-1-10(2-5-14)17(23)24/h1-8H,(H,21,22)(H,23,24)/b12-7+. The highest BCUT2D eigenvalue weighted by Crippen LogP contribution is 2.16. The molecule has 2 rings (SSSR count). The second-order valence-electron chi connectivity index (χ2n) is 4.67. The molecule has 2 aromatic carbocycles. The summed E-state index contributed by atoms with van der Waals surface area (Å²) in [5.41, 5.74) is -0.374. The van der Waals surface area contributed by atoms with Crippen LogP contribution in [0.5, 0.6) is 0 Å². The van der Waals surface area contributed by atoms with Crippen molar-refractivity contribution in [3.05, 3.63) is 70.8 Å². The van der Waals surface area contributed by atoms with Crippen LogP contribution in [0.3, 0.4) is 0 Å². The monoisotopic (exact) mass is 328 g/mol. The zero-order valence-corrected chi connectivity index (χ0v) is 12.1. The van der Waals surface area contributed by atoms with Crippen molar-refractivity contribution in [1.29, 1.82) is 5.26 Å². The molecule has 0 fully saturated rings. The predicted molar refractivity (Wildman–Crippen MR) is 82.0 cm³/mol. The molecule has 120 valence electrons. The second kappa shape index (κ2) is 7.15. The first-order valence-corrected chi connectivity index (χ1v) is 6.62. The van der Waals surface area contributed by atoms with E-state index in [1.54, 1.807) is 6.07 Å². The molecule has 0 heterocycles. The van der Waals surface area contributed by atoms with Gasteiger partial charge < -0.3 is 10.4 Å². The van der Waals surface area contributed by atoms with Gasteiger partial charge in [0.25, 0.3) is 5.91 Å². The number of carbonyl (C=O) groups is 2. The van der Waals surface area contributed by atoms with Gasteiger partial charge in [-0.15, -0.1) is 0 Å². The molecule has 1 amide bonds. The van der Waals surface area contributed by atoms with Crippen LogP contribution in [0.15, 0.2) is 48.0 Å². The zero-order chi connectivity index (χ0) is 17.7. The zero-order valence-electron chi connectivity index (χ0n) is 12.1. The number of rotatable bonds is 4. The number of nitriles is 1. The molecule has 0 saturated carbocycles. The molecule has 24 heavy (non-hydrogen) atoms. The molecule has 0 aliphatic carbocycles. The van der Waals surface area contributed by atoms with E-state index in [1.165, 1.54) is 24.3 Å². The summed E-state index contributed by atoms with van der Waals surface area (Å²) in [5.74, 6) is -3.43. The third-order valence-electron chi connectivity index (χ3n) is 3.01. The topological polar surface area (TPSA) is 90.2 Å². The lowest BCUT2D eigenvalue weighted by Gasteiger charge is -2.05. The first kappa shape index (κ1) is 16.8. The SMILES string of the molecule is N#C/C(=C\c1cc(F)ccc1F)C(=O)Nc1ccc(C(=O)O)cc1. The minimum absolute atomic E-state index is 0.0332. The van der Waals surface area contributed by atoms with Crippen LogP contribution in [-0.4, -0.2) is 17.0 Å². The van der Waals surface area contributed by atoms with Crippen LogP contribution in [0.1, 0.15) is 15.9 Å². The van der Waals surface area contributed by atoms with Crippen molar-refractivity contribution < 1.29 is 23.5 Å². The first-order chi connectivity index (χ1) is 11.4. The number of hydrogen-bond acceptors (Lipinski definition) is 3. The molecular formula is C17H10F2N2O3. The van der Waals surface area contributed by atoms with Crippen LogP contribution in [0, 0.1) is 23.0 Å². The number of anilines is 1. The van der Waals surface area contributed by atoms with E-state index in [2.05, 4.69) is 5.32 Å². The first-order valence-electron chi connectivity index (χ1n) is 6.62. The van der Waals surface area contributed by atoms with Crippen LogP contribution < -0.4 is 5.32 Å². The second-order valence-corrected chi connectivity index (χ2v) is 4.67. The molecule has 0 bridgehead atoms. The number of amides is 1. The minimum atomic E-state index is -1.12. The maximum atomic E-state index is 13.6. The van der Waals surface area contributed by atoms with Gasteiger partial charge in [0.05, 0.1) is 5.56 Å². The maximum absolute atomic E-state index is 13.6. The number of aromatic carboxylic acids is 1. The molecule has 0 atom stereocenters. The number of halogens is 2. The molecule has 0 unspecified atom stereocenters. The highest BCUT2D eigenvalue weighted by atomic mass is 19.1. The van der Waals surface area contributed by atoms with Crippen molar-refractivity contribution in [1.82, 2.24) is 0 Å². The molecule has 0 saturated heterocycles. The fourth-order valence-electron chi connectivity index (χ4n) is 1.82. The third-order valence-corrected chi connectivity index (χ3v) is 3.01. The summed E-state index contributed by atoms with van der Waals surface area (Å²) >= 11 is 0. The Labute approximate surface area is 135 Å². The lowest BCUT2D eigenvalue weighted by atomic mass is 10.1. The van der Waals surface area contributed by atoms with Crippen LogP contribution in [-0.2, 0) is 4.79 Å². The van der Waals surface area contributed by atoms with E-state index in [9.17, 15) is 18.4 Å². The molecule has 0 aromatic heterocycles. The van der Waals surface area contributed by atoms with E-state index < -0.39 is 29.1 Å². The Morgan fingerprint density at radius 1 is 1.12 bits per heavy atom. The number of nitrogens with zero attached hydrogens (tertiary/aromatic N) is 1. The van der Waals surface area contributed by atoms with Gasteiger partial charge in [0.2, 0.25) is 0 Å². The van der Waals surface area contributed by atoms with Gasteiger partial charge in [0, 0.05) is 11.3 Å². The molecule has 0 spiro atoms. The van der Waals surface area contributed by atoms with Crippen molar-refractivity contribution >= 4 is 23.6 Å². The summed E-state index contributed by atoms with van der Waals surface area (Å²) in [7, 11) is 0. The molecule has 0 radical (unpaired) electrons. The summed E-state index contributed by atoms with van der Waals surface area (Å²) in [6.07, 6.45) is 0.930. The number of benzene rings is 2. The van der Waals surface area contributed by atoms with Gasteiger partial charge in [-0.2, -0.15) is 5.26 Å². The van der Waals surface area contributed by atoms with Gasteiger partial charge in [-0.3, -0.25) is 4.79 Å². The lowest BCUT2D eigenvalue weighted by molar-refractivity contribution is -0.112.